The molecule has 0 radical (unpaired) electrons. The van der Waals surface area contributed by atoms with Crippen molar-refractivity contribution in [1.82, 2.24) is 9.97 Å². The Balaban J connectivity index is 2.30. The van der Waals surface area contributed by atoms with Gasteiger partial charge >= 0.3 is 0 Å². The number of hydrogen-bond donors (Lipinski definition) is 1. The van der Waals surface area contributed by atoms with E-state index in [-0.39, 0.29) is 0 Å². The first-order valence-corrected chi connectivity index (χ1v) is 7.65. The van der Waals surface area contributed by atoms with Gasteiger partial charge in [0.1, 0.15) is 12.1 Å². The Bertz CT molecular complexity index is 511. The van der Waals surface area contributed by atoms with Crippen LogP contribution in [0.1, 0.15) is 19.4 Å². The predicted molar refractivity (Wildman–Crippen MR) is 78.2 cm³/mol. The highest BCUT2D eigenvalue weighted by molar-refractivity contribution is 9.09. The maximum absolute atomic E-state index is 4.35. The molecule has 1 N–H and O–H groups in total. The first-order chi connectivity index (χ1) is 8.13. The lowest BCUT2D eigenvalue weighted by Gasteiger charge is -2.19. The highest BCUT2D eigenvalue weighted by Crippen LogP contribution is 2.29. The van der Waals surface area contributed by atoms with Crippen LogP contribution in [-0.2, 0) is 0 Å². The van der Waals surface area contributed by atoms with Gasteiger partial charge in [-0.25, -0.2) is 9.97 Å². The zero-order valence-corrected chi connectivity index (χ0v) is 12.6. The molecule has 17 heavy (non-hydrogen) atoms. The molecule has 0 saturated carbocycles. The number of alkyl halides is 1. The van der Waals surface area contributed by atoms with Crippen molar-refractivity contribution in [3.8, 4) is 0 Å². The number of fused-ring (bicyclic) bond motifs is 1. The second-order valence-corrected chi connectivity index (χ2v) is 5.91. The number of aryl methyl sites for hydroxylation is 1. The highest BCUT2D eigenvalue weighted by Gasteiger charge is 2.14. The Morgan fingerprint density at radius 3 is 2.88 bits per heavy atom. The molecule has 2 atom stereocenters. The van der Waals surface area contributed by atoms with Crippen LogP contribution in [0.2, 0.25) is 0 Å². The van der Waals surface area contributed by atoms with Gasteiger partial charge in [-0.1, -0.05) is 22.9 Å². The van der Waals surface area contributed by atoms with E-state index in [1.54, 1.807) is 17.7 Å². The number of aromatic nitrogens is 2. The van der Waals surface area contributed by atoms with Gasteiger partial charge in [0.15, 0.2) is 0 Å². The lowest BCUT2D eigenvalue weighted by Crippen LogP contribution is -2.25. The number of rotatable bonds is 4. The summed E-state index contributed by atoms with van der Waals surface area (Å²) in [4.78, 5) is 8.67. The van der Waals surface area contributed by atoms with Gasteiger partial charge in [-0.15, -0.1) is 11.3 Å². The standard InChI is InChI=1S/C12H16BrN3S/c1-7(4-13)9(3)16-12-11-10(14-6-15-12)8(2)5-17-11/h5-7,9H,4H2,1-3H3,(H,14,15,16). The van der Waals surface area contributed by atoms with Crippen molar-refractivity contribution in [2.45, 2.75) is 26.8 Å². The molecule has 0 aliphatic rings. The van der Waals surface area contributed by atoms with Crippen molar-refractivity contribution < 1.29 is 0 Å². The van der Waals surface area contributed by atoms with Crippen LogP contribution < -0.4 is 5.32 Å². The third-order valence-electron chi connectivity index (χ3n) is 2.99. The minimum absolute atomic E-state index is 0.384. The fourth-order valence-electron chi connectivity index (χ4n) is 1.56. The highest BCUT2D eigenvalue weighted by atomic mass is 79.9. The van der Waals surface area contributed by atoms with E-state index in [1.165, 1.54) is 5.56 Å². The molecule has 2 aromatic heterocycles. The number of nitrogens with one attached hydrogen (secondary N) is 1. The summed E-state index contributed by atoms with van der Waals surface area (Å²) in [7, 11) is 0. The van der Waals surface area contributed by atoms with E-state index < -0.39 is 0 Å². The summed E-state index contributed by atoms with van der Waals surface area (Å²) in [6.07, 6.45) is 1.63. The fraction of sp³-hybridized carbons (Fsp3) is 0.500. The molecule has 2 unspecified atom stereocenters. The number of hydrogen-bond acceptors (Lipinski definition) is 4. The van der Waals surface area contributed by atoms with Gasteiger partial charge < -0.3 is 5.32 Å². The Morgan fingerprint density at radius 2 is 2.18 bits per heavy atom. The largest absolute Gasteiger partial charge is 0.366 e. The Labute approximate surface area is 114 Å². The molecule has 0 aliphatic heterocycles. The summed E-state index contributed by atoms with van der Waals surface area (Å²) in [5.41, 5.74) is 2.28. The topological polar surface area (TPSA) is 37.8 Å². The van der Waals surface area contributed by atoms with E-state index in [4.69, 9.17) is 0 Å². The molecule has 5 heteroatoms. The molecule has 3 nitrogen and oxygen atoms in total. The molecule has 2 heterocycles. The lowest BCUT2D eigenvalue weighted by molar-refractivity contribution is 0.571. The average molecular weight is 314 g/mol. The molecule has 0 saturated heterocycles. The molecule has 0 amide bonds. The fourth-order valence-corrected chi connectivity index (χ4v) is 3.08. The van der Waals surface area contributed by atoms with Crippen molar-refractivity contribution >= 4 is 43.3 Å². The minimum Gasteiger partial charge on any atom is -0.366 e. The van der Waals surface area contributed by atoms with E-state index in [0.29, 0.717) is 12.0 Å². The van der Waals surface area contributed by atoms with Crippen molar-refractivity contribution in [2.75, 3.05) is 10.6 Å². The maximum Gasteiger partial charge on any atom is 0.147 e. The molecule has 0 fully saturated rings. The molecule has 92 valence electrons. The van der Waals surface area contributed by atoms with E-state index in [2.05, 4.69) is 57.4 Å². The van der Waals surface area contributed by atoms with Crippen LogP contribution in [0.5, 0.6) is 0 Å². The summed E-state index contributed by atoms with van der Waals surface area (Å²) >= 11 is 5.22. The van der Waals surface area contributed by atoms with Gasteiger partial charge in [0.25, 0.3) is 0 Å². The van der Waals surface area contributed by atoms with Crippen LogP contribution in [-0.4, -0.2) is 21.3 Å². The van der Waals surface area contributed by atoms with Crippen LogP contribution in [0.4, 0.5) is 5.82 Å². The zero-order chi connectivity index (χ0) is 12.4. The average Bonchev–Trinajstić information content (AvgIpc) is 2.71. The monoisotopic (exact) mass is 313 g/mol. The predicted octanol–water partition coefficient (Wildman–Crippen LogP) is 3.83. The molecule has 2 rings (SSSR count). The molecule has 0 bridgehead atoms. The van der Waals surface area contributed by atoms with Crippen molar-refractivity contribution in [3.63, 3.8) is 0 Å². The van der Waals surface area contributed by atoms with Gasteiger partial charge in [-0.3, -0.25) is 0 Å². The normalized spacial score (nSPS) is 14.8. The van der Waals surface area contributed by atoms with Crippen LogP contribution in [0.3, 0.4) is 0 Å². The number of nitrogens with zero attached hydrogens (tertiary/aromatic N) is 2. The van der Waals surface area contributed by atoms with E-state index in [1.807, 2.05) is 0 Å². The Hall–Kier alpha value is -0.680. The first-order valence-electron chi connectivity index (χ1n) is 5.64. The van der Waals surface area contributed by atoms with Gasteiger partial charge in [-0.05, 0) is 30.7 Å². The van der Waals surface area contributed by atoms with E-state index in [9.17, 15) is 0 Å². The van der Waals surface area contributed by atoms with Crippen LogP contribution in [0, 0.1) is 12.8 Å². The molecule has 2 aromatic rings. The summed E-state index contributed by atoms with van der Waals surface area (Å²) in [5, 5.41) is 6.59. The van der Waals surface area contributed by atoms with Crippen LogP contribution in [0.15, 0.2) is 11.7 Å². The van der Waals surface area contributed by atoms with Crippen molar-refractivity contribution in [3.05, 3.63) is 17.3 Å². The Morgan fingerprint density at radius 1 is 1.41 bits per heavy atom. The number of halogens is 1. The first kappa shape index (κ1) is 12.8. The SMILES string of the molecule is Cc1csc2c(NC(C)C(C)CBr)ncnc12. The molecule has 0 aliphatic carbocycles. The molecule has 0 aromatic carbocycles. The maximum atomic E-state index is 4.35. The lowest BCUT2D eigenvalue weighted by atomic mass is 10.1. The number of thiophene rings is 1. The van der Waals surface area contributed by atoms with Crippen molar-refractivity contribution in [2.24, 2.45) is 5.92 Å². The van der Waals surface area contributed by atoms with Gasteiger partial charge in [-0.2, -0.15) is 0 Å². The van der Waals surface area contributed by atoms with Gasteiger partial charge in [0, 0.05) is 11.4 Å². The zero-order valence-electron chi connectivity index (χ0n) is 10.2. The second-order valence-electron chi connectivity index (χ2n) is 4.38. The summed E-state index contributed by atoms with van der Waals surface area (Å²) in [6, 6.07) is 0.384. The van der Waals surface area contributed by atoms with Crippen LogP contribution >= 0.6 is 27.3 Å². The summed E-state index contributed by atoms with van der Waals surface area (Å²) in [5.74, 6) is 1.51. The molecular formula is C12H16BrN3S. The molecular weight excluding hydrogens is 298 g/mol. The van der Waals surface area contributed by atoms with Crippen molar-refractivity contribution in [1.29, 1.82) is 0 Å². The quantitative estimate of drug-likeness (QED) is 0.872. The molecule has 0 spiro atoms. The number of anilines is 1. The smallest absolute Gasteiger partial charge is 0.147 e. The van der Waals surface area contributed by atoms with Gasteiger partial charge in [0.05, 0.1) is 10.2 Å². The van der Waals surface area contributed by atoms with Crippen LogP contribution in [0.25, 0.3) is 10.2 Å². The van der Waals surface area contributed by atoms with Gasteiger partial charge in [0.2, 0.25) is 0 Å². The summed E-state index contributed by atoms with van der Waals surface area (Å²) in [6.45, 7) is 6.48. The second kappa shape index (κ2) is 5.31. The minimum atomic E-state index is 0.384. The Kier molecular flexibility index (Phi) is 3.99. The third kappa shape index (κ3) is 2.60. The third-order valence-corrected chi connectivity index (χ3v) is 5.11. The van der Waals surface area contributed by atoms with E-state index >= 15 is 0 Å². The van der Waals surface area contributed by atoms with E-state index in [0.717, 1.165) is 21.4 Å². The summed E-state index contributed by atoms with van der Waals surface area (Å²) < 4.78 is 1.15.